The smallest absolute Gasteiger partial charge is 0.191 e. The zero-order valence-electron chi connectivity index (χ0n) is 15.7. The molecule has 1 heterocycles. The van der Waals surface area contributed by atoms with Crippen LogP contribution in [0.5, 0.6) is 5.75 Å². The summed E-state index contributed by atoms with van der Waals surface area (Å²) in [6.45, 7) is 8.36. The molecule has 0 aliphatic rings. The van der Waals surface area contributed by atoms with Gasteiger partial charge in [-0.1, -0.05) is 53.2 Å². The van der Waals surface area contributed by atoms with Crippen LogP contribution in [0, 0.1) is 6.92 Å². The van der Waals surface area contributed by atoms with E-state index in [1.54, 1.807) is 11.8 Å². The molecule has 4 nitrogen and oxygen atoms in total. The molecule has 0 saturated carbocycles. The van der Waals surface area contributed by atoms with Crippen LogP contribution in [-0.2, 0) is 12.3 Å². The van der Waals surface area contributed by atoms with Gasteiger partial charge in [-0.25, -0.2) is 0 Å². The van der Waals surface area contributed by atoms with E-state index in [-0.39, 0.29) is 6.10 Å². The number of thioether (sulfide) groups is 1. The molecule has 0 saturated heterocycles. The van der Waals surface area contributed by atoms with Gasteiger partial charge in [0.25, 0.3) is 0 Å². The number of halogens is 2. The second-order valence-corrected chi connectivity index (χ2v) is 8.12. The maximum atomic E-state index is 6.09. The van der Waals surface area contributed by atoms with Crippen molar-refractivity contribution >= 4 is 35.0 Å². The fraction of sp³-hybridized carbons (Fsp3) is 0.238. The summed E-state index contributed by atoms with van der Waals surface area (Å²) >= 11 is 13.8. The Bertz CT molecular complexity index is 974. The van der Waals surface area contributed by atoms with Crippen molar-refractivity contribution in [1.29, 1.82) is 0 Å². The lowest BCUT2D eigenvalue weighted by molar-refractivity contribution is 0.210. The molecule has 0 amide bonds. The number of benzene rings is 2. The standard InChI is InChI=1S/C21H21Cl2N3OS/c1-4-10-26-20(15(3)27-18-8-9-19(23)14(2)11-18)24-25-21(26)28-13-16-6-5-7-17(22)12-16/h4-9,11-12,15H,1,10,13H2,2-3H3. The number of rotatable bonds is 8. The van der Waals surface area contributed by atoms with Crippen LogP contribution < -0.4 is 4.74 Å². The number of hydrogen-bond donors (Lipinski definition) is 0. The second kappa shape index (κ2) is 9.50. The summed E-state index contributed by atoms with van der Waals surface area (Å²) in [6, 6.07) is 13.4. The van der Waals surface area contributed by atoms with Gasteiger partial charge in [-0.3, -0.25) is 4.57 Å². The van der Waals surface area contributed by atoms with E-state index >= 15 is 0 Å². The molecular formula is C21H21Cl2N3OS. The highest BCUT2D eigenvalue weighted by Gasteiger charge is 2.19. The van der Waals surface area contributed by atoms with Crippen LogP contribution >= 0.6 is 35.0 Å². The molecule has 2 aromatic carbocycles. The Labute approximate surface area is 179 Å². The topological polar surface area (TPSA) is 39.9 Å². The lowest BCUT2D eigenvalue weighted by Gasteiger charge is -2.16. The highest BCUT2D eigenvalue weighted by atomic mass is 35.5. The van der Waals surface area contributed by atoms with E-state index in [0.29, 0.717) is 6.54 Å². The van der Waals surface area contributed by atoms with Gasteiger partial charge >= 0.3 is 0 Å². The first-order valence-corrected chi connectivity index (χ1v) is 10.6. The van der Waals surface area contributed by atoms with Crippen molar-refractivity contribution in [3.05, 3.63) is 82.1 Å². The van der Waals surface area contributed by atoms with Crippen molar-refractivity contribution in [2.75, 3.05) is 0 Å². The molecule has 1 aromatic heterocycles. The van der Waals surface area contributed by atoms with E-state index in [1.165, 1.54) is 0 Å². The number of allylic oxidation sites excluding steroid dienone is 1. The van der Waals surface area contributed by atoms with Gasteiger partial charge in [0.1, 0.15) is 5.75 Å². The third-order valence-corrected chi connectivity index (χ3v) is 5.82. The molecule has 1 atom stereocenters. The van der Waals surface area contributed by atoms with Crippen LogP contribution in [0.15, 0.2) is 60.3 Å². The molecule has 1 unspecified atom stereocenters. The molecule has 3 aromatic rings. The highest BCUT2D eigenvalue weighted by molar-refractivity contribution is 7.98. The normalized spacial score (nSPS) is 12.0. The van der Waals surface area contributed by atoms with Gasteiger partial charge in [0.05, 0.1) is 0 Å². The van der Waals surface area contributed by atoms with Gasteiger partial charge in [0, 0.05) is 22.3 Å². The Morgan fingerprint density at radius 2 is 2.04 bits per heavy atom. The fourth-order valence-corrected chi connectivity index (χ4v) is 3.96. The van der Waals surface area contributed by atoms with Gasteiger partial charge in [-0.2, -0.15) is 0 Å². The van der Waals surface area contributed by atoms with Gasteiger partial charge in [0.2, 0.25) is 0 Å². The molecule has 28 heavy (non-hydrogen) atoms. The Morgan fingerprint density at radius 1 is 1.21 bits per heavy atom. The quantitative estimate of drug-likeness (QED) is 0.299. The van der Waals surface area contributed by atoms with Crippen LogP contribution in [0.3, 0.4) is 0 Å². The maximum absolute atomic E-state index is 6.09. The molecule has 3 rings (SSSR count). The molecule has 0 fully saturated rings. The molecular weight excluding hydrogens is 413 g/mol. The van der Waals surface area contributed by atoms with Crippen LogP contribution in [-0.4, -0.2) is 14.8 Å². The molecule has 0 aliphatic heterocycles. The average molecular weight is 434 g/mol. The SMILES string of the molecule is C=CCn1c(SCc2cccc(Cl)c2)nnc1C(C)Oc1ccc(Cl)c(C)c1. The number of hydrogen-bond acceptors (Lipinski definition) is 4. The van der Waals surface area contributed by atoms with Crippen molar-refractivity contribution in [1.82, 2.24) is 14.8 Å². The number of nitrogens with zero attached hydrogens (tertiary/aromatic N) is 3. The summed E-state index contributed by atoms with van der Waals surface area (Å²) in [4.78, 5) is 0. The largest absolute Gasteiger partial charge is 0.483 e. The third-order valence-electron chi connectivity index (χ3n) is 4.12. The summed E-state index contributed by atoms with van der Waals surface area (Å²) in [5, 5.41) is 11.0. The van der Waals surface area contributed by atoms with Gasteiger partial charge in [-0.15, -0.1) is 16.8 Å². The van der Waals surface area contributed by atoms with Gasteiger partial charge in [0.15, 0.2) is 17.1 Å². The van der Waals surface area contributed by atoms with Crippen molar-refractivity contribution in [3.8, 4) is 5.75 Å². The van der Waals surface area contributed by atoms with E-state index in [0.717, 1.165) is 43.7 Å². The minimum absolute atomic E-state index is 0.270. The summed E-state index contributed by atoms with van der Waals surface area (Å²) < 4.78 is 8.10. The van der Waals surface area contributed by atoms with Crippen LogP contribution in [0.25, 0.3) is 0 Å². The molecule has 0 radical (unpaired) electrons. The van der Waals surface area contributed by atoms with E-state index in [4.69, 9.17) is 27.9 Å². The predicted octanol–water partition coefficient (Wildman–Crippen LogP) is 6.51. The third kappa shape index (κ3) is 5.10. The first-order chi connectivity index (χ1) is 13.5. The van der Waals surface area contributed by atoms with Crippen LogP contribution in [0.2, 0.25) is 10.0 Å². The summed E-state index contributed by atoms with van der Waals surface area (Å²) in [6.07, 6.45) is 1.56. The van der Waals surface area contributed by atoms with E-state index in [2.05, 4.69) is 16.8 Å². The Hall–Kier alpha value is -1.95. The maximum Gasteiger partial charge on any atom is 0.191 e. The van der Waals surface area contributed by atoms with Crippen molar-refractivity contribution < 1.29 is 4.74 Å². The second-order valence-electron chi connectivity index (χ2n) is 6.33. The first-order valence-electron chi connectivity index (χ1n) is 8.82. The summed E-state index contributed by atoms with van der Waals surface area (Å²) in [5.41, 5.74) is 2.10. The molecule has 0 bridgehead atoms. The number of aryl methyl sites for hydroxylation is 1. The lowest BCUT2D eigenvalue weighted by atomic mass is 10.2. The Balaban J connectivity index is 1.77. The molecule has 0 N–H and O–H groups in total. The number of aromatic nitrogens is 3. The minimum Gasteiger partial charge on any atom is -0.483 e. The summed E-state index contributed by atoms with van der Waals surface area (Å²) in [5.74, 6) is 2.25. The molecule has 0 spiro atoms. The first kappa shape index (κ1) is 20.8. The fourth-order valence-electron chi connectivity index (χ4n) is 2.73. The Kier molecular flexibility index (Phi) is 7.05. The van der Waals surface area contributed by atoms with Crippen LogP contribution in [0.4, 0.5) is 0 Å². The Morgan fingerprint density at radius 3 is 2.75 bits per heavy atom. The monoisotopic (exact) mass is 433 g/mol. The molecule has 146 valence electrons. The van der Waals surface area contributed by atoms with Crippen molar-refractivity contribution in [2.24, 2.45) is 0 Å². The summed E-state index contributed by atoms with van der Waals surface area (Å²) in [7, 11) is 0. The van der Waals surface area contributed by atoms with E-state index in [9.17, 15) is 0 Å². The molecule has 7 heteroatoms. The highest BCUT2D eigenvalue weighted by Crippen LogP contribution is 2.28. The van der Waals surface area contributed by atoms with E-state index in [1.807, 2.05) is 67.0 Å². The number of ether oxygens (including phenoxy) is 1. The van der Waals surface area contributed by atoms with E-state index < -0.39 is 0 Å². The minimum atomic E-state index is -0.270. The van der Waals surface area contributed by atoms with Gasteiger partial charge in [-0.05, 0) is 55.3 Å². The predicted molar refractivity (Wildman–Crippen MR) is 116 cm³/mol. The van der Waals surface area contributed by atoms with Crippen LogP contribution in [0.1, 0.15) is 30.0 Å². The van der Waals surface area contributed by atoms with Gasteiger partial charge < -0.3 is 4.74 Å². The average Bonchev–Trinajstić information content (AvgIpc) is 3.06. The lowest BCUT2D eigenvalue weighted by Crippen LogP contribution is -2.12. The van der Waals surface area contributed by atoms with Crippen molar-refractivity contribution in [2.45, 2.75) is 37.4 Å². The molecule has 0 aliphatic carbocycles. The van der Waals surface area contributed by atoms with Crippen molar-refractivity contribution in [3.63, 3.8) is 0 Å². The zero-order chi connectivity index (χ0) is 20.1. The zero-order valence-corrected chi connectivity index (χ0v) is 18.1.